The molecule has 0 aliphatic rings. The molecule has 0 aliphatic heterocycles. The Morgan fingerprint density at radius 3 is 1.67 bits per heavy atom. The fourth-order valence-electron chi connectivity index (χ4n) is 3.44. The van der Waals surface area contributed by atoms with E-state index in [0.717, 1.165) is 11.1 Å². The van der Waals surface area contributed by atoms with Gasteiger partial charge in [-0.05, 0) is 35.4 Å². The van der Waals surface area contributed by atoms with Crippen LogP contribution in [0.3, 0.4) is 0 Å². The van der Waals surface area contributed by atoms with Gasteiger partial charge in [0, 0.05) is 5.41 Å². The Hall–Kier alpha value is -3.56. The summed E-state index contributed by atoms with van der Waals surface area (Å²) in [4.78, 5) is 34.4. The lowest BCUT2D eigenvalue weighted by Gasteiger charge is -2.27. The van der Waals surface area contributed by atoms with Crippen LogP contribution in [0.1, 0.15) is 37.8 Å². The van der Waals surface area contributed by atoms with Crippen LogP contribution >= 0.6 is 11.6 Å². The summed E-state index contributed by atoms with van der Waals surface area (Å²) < 4.78 is 26.9. The minimum absolute atomic E-state index is 0.0144. The standard InChI is InChI=1S/C29H36ClNO8/c1-5-26(32)37-19-25(39-28(34)16-31)18-36-23-13-9-21(10-14-23)29(3,4)20-7-11-22(12-8-20)35-17-24(15-30)38-27(33)6-2/h7-14,24-25H,1-2,5-6,15-19,31H2,3-4H3/q+2. The summed E-state index contributed by atoms with van der Waals surface area (Å²) in [6, 6.07) is 15.2. The highest BCUT2D eigenvalue weighted by molar-refractivity contribution is 6.18. The SMILES string of the molecule is [CH2+]CC(=O)OCC(COc1ccc(C(C)(C)c2ccc(OCC(CCl)OC(=O)C[CH2+])cc2)cc1)OC(=O)CN. The van der Waals surface area contributed by atoms with Crippen LogP contribution in [0.25, 0.3) is 0 Å². The summed E-state index contributed by atoms with van der Waals surface area (Å²) in [5.74, 6) is -0.249. The van der Waals surface area contributed by atoms with E-state index in [1.807, 2.05) is 48.5 Å². The summed E-state index contributed by atoms with van der Waals surface area (Å²) in [5, 5.41) is 0. The van der Waals surface area contributed by atoms with Crippen LogP contribution in [0, 0.1) is 13.8 Å². The first-order valence-corrected chi connectivity index (χ1v) is 13.0. The number of hydrogen-bond donors (Lipinski definition) is 1. The van der Waals surface area contributed by atoms with Gasteiger partial charge in [0.25, 0.3) is 0 Å². The molecule has 0 saturated heterocycles. The van der Waals surface area contributed by atoms with Crippen molar-refractivity contribution in [2.24, 2.45) is 5.73 Å². The Morgan fingerprint density at radius 1 is 0.769 bits per heavy atom. The Balaban J connectivity index is 1.99. The summed E-state index contributed by atoms with van der Waals surface area (Å²) in [6.07, 6.45) is -1.36. The summed E-state index contributed by atoms with van der Waals surface area (Å²) >= 11 is 5.86. The van der Waals surface area contributed by atoms with E-state index in [1.165, 1.54) is 0 Å². The Morgan fingerprint density at radius 2 is 1.23 bits per heavy atom. The average molecular weight is 562 g/mol. The van der Waals surface area contributed by atoms with Crippen LogP contribution < -0.4 is 15.2 Å². The van der Waals surface area contributed by atoms with Crippen molar-refractivity contribution in [2.75, 3.05) is 32.2 Å². The van der Waals surface area contributed by atoms with Crippen molar-refractivity contribution in [3.63, 3.8) is 0 Å². The number of benzene rings is 2. The van der Waals surface area contributed by atoms with E-state index >= 15 is 0 Å². The second-order valence-electron chi connectivity index (χ2n) is 9.06. The highest BCUT2D eigenvalue weighted by Gasteiger charge is 2.24. The van der Waals surface area contributed by atoms with Crippen LogP contribution in [-0.2, 0) is 34.0 Å². The zero-order chi connectivity index (χ0) is 28.8. The zero-order valence-electron chi connectivity index (χ0n) is 22.4. The van der Waals surface area contributed by atoms with E-state index < -0.39 is 30.1 Å². The molecular formula is C29H36ClNO8+2. The van der Waals surface area contributed by atoms with Gasteiger partial charge in [0.2, 0.25) is 0 Å². The van der Waals surface area contributed by atoms with E-state index in [1.54, 1.807) is 0 Å². The summed E-state index contributed by atoms with van der Waals surface area (Å²) in [6.45, 7) is 10.8. The van der Waals surface area contributed by atoms with Crippen LogP contribution in [0.4, 0.5) is 0 Å². The number of ether oxygens (including phenoxy) is 5. The van der Waals surface area contributed by atoms with Crippen LogP contribution in [-0.4, -0.2) is 62.4 Å². The number of carbonyl (C=O) groups is 3. The second-order valence-corrected chi connectivity index (χ2v) is 9.37. The number of carbonyl (C=O) groups excluding carboxylic acids is 3. The number of esters is 3. The third-order valence-corrected chi connectivity index (χ3v) is 6.14. The highest BCUT2D eigenvalue weighted by atomic mass is 35.5. The van der Waals surface area contributed by atoms with E-state index in [4.69, 9.17) is 41.0 Å². The number of halogens is 1. The molecule has 0 radical (unpaired) electrons. The van der Waals surface area contributed by atoms with E-state index in [9.17, 15) is 14.4 Å². The lowest BCUT2D eigenvalue weighted by Crippen LogP contribution is -2.33. The number of alkyl halides is 1. The Bertz CT molecular complexity index is 1060. The fourth-order valence-corrected chi connectivity index (χ4v) is 3.60. The van der Waals surface area contributed by atoms with Crippen LogP contribution in [0.5, 0.6) is 11.5 Å². The molecule has 9 nitrogen and oxygen atoms in total. The van der Waals surface area contributed by atoms with Crippen LogP contribution in [0.2, 0.25) is 0 Å². The van der Waals surface area contributed by atoms with Crippen molar-refractivity contribution in [2.45, 2.75) is 44.3 Å². The topological polar surface area (TPSA) is 123 Å². The van der Waals surface area contributed by atoms with Gasteiger partial charge in [-0.25, -0.2) is 9.59 Å². The van der Waals surface area contributed by atoms with Gasteiger partial charge < -0.3 is 29.4 Å². The molecule has 2 atom stereocenters. The maximum atomic E-state index is 11.6. The molecule has 0 spiro atoms. The normalized spacial score (nSPS) is 12.6. The van der Waals surface area contributed by atoms with Gasteiger partial charge >= 0.3 is 17.9 Å². The van der Waals surface area contributed by atoms with E-state index in [-0.39, 0.29) is 50.5 Å². The molecule has 2 aromatic rings. The smallest absolute Gasteiger partial charge is 0.351 e. The number of rotatable bonds is 16. The van der Waals surface area contributed by atoms with Crippen LogP contribution in [0.15, 0.2) is 48.5 Å². The van der Waals surface area contributed by atoms with Gasteiger partial charge in [-0.3, -0.25) is 4.79 Å². The van der Waals surface area contributed by atoms with Gasteiger partial charge in [-0.2, -0.15) is 0 Å². The maximum Gasteiger partial charge on any atom is 0.351 e. The molecule has 0 heterocycles. The van der Waals surface area contributed by atoms with Crippen molar-refractivity contribution in [3.05, 3.63) is 73.5 Å². The minimum Gasteiger partial charge on any atom is -0.490 e. The molecule has 0 saturated carbocycles. The van der Waals surface area contributed by atoms with Crippen molar-refractivity contribution in [1.29, 1.82) is 0 Å². The Labute approximate surface area is 234 Å². The minimum atomic E-state index is -0.802. The quantitative estimate of drug-likeness (QED) is 0.141. The first kappa shape index (κ1) is 31.7. The predicted octanol–water partition coefficient (Wildman–Crippen LogP) is 3.78. The first-order valence-electron chi connectivity index (χ1n) is 12.5. The summed E-state index contributed by atoms with van der Waals surface area (Å²) in [7, 11) is 0. The first-order chi connectivity index (χ1) is 18.6. The fraction of sp³-hybridized carbons (Fsp3) is 0.414. The Kier molecular flexibility index (Phi) is 12.8. The molecule has 2 N–H and O–H groups in total. The van der Waals surface area contributed by atoms with Crippen molar-refractivity contribution in [3.8, 4) is 11.5 Å². The molecule has 2 rings (SSSR count). The molecular weight excluding hydrogens is 526 g/mol. The highest BCUT2D eigenvalue weighted by Crippen LogP contribution is 2.33. The van der Waals surface area contributed by atoms with E-state index in [0.29, 0.717) is 11.5 Å². The largest absolute Gasteiger partial charge is 0.490 e. The van der Waals surface area contributed by atoms with E-state index in [2.05, 4.69) is 27.7 Å². The molecule has 0 bridgehead atoms. The maximum absolute atomic E-state index is 11.6. The zero-order valence-corrected chi connectivity index (χ0v) is 23.1. The predicted molar refractivity (Wildman–Crippen MR) is 146 cm³/mol. The third-order valence-electron chi connectivity index (χ3n) is 5.80. The molecule has 0 aromatic heterocycles. The number of hydrogen-bond acceptors (Lipinski definition) is 9. The number of nitrogens with two attached hydrogens (primary N) is 1. The molecule has 39 heavy (non-hydrogen) atoms. The van der Waals surface area contributed by atoms with Crippen molar-refractivity contribution in [1.82, 2.24) is 0 Å². The van der Waals surface area contributed by atoms with Gasteiger partial charge in [0.1, 0.15) is 37.4 Å². The molecule has 0 fully saturated rings. The van der Waals surface area contributed by atoms with Gasteiger partial charge in [-0.1, -0.05) is 38.1 Å². The lowest BCUT2D eigenvalue weighted by atomic mass is 9.78. The average Bonchev–Trinajstić information content (AvgIpc) is 2.96. The second kappa shape index (κ2) is 15.8. The molecule has 0 aliphatic carbocycles. The third kappa shape index (κ3) is 10.3. The lowest BCUT2D eigenvalue weighted by molar-refractivity contribution is -0.159. The van der Waals surface area contributed by atoms with Gasteiger partial charge in [0.05, 0.1) is 26.3 Å². The molecule has 210 valence electrons. The van der Waals surface area contributed by atoms with Crippen molar-refractivity contribution < 1.29 is 38.1 Å². The molecule has 0 amide bonds. The molecule has 10 heteroatoms. The summed E-state index contributed by atoms with van der Waals surface area (Å²) in [5.41, 5.74) is 7.08. The van der Waals surface area contributed by atoms with Crippen molar-refractivity contribution >= 4 is 29.5 Å². The molecule has 2 aromatic carbocycles. The monoisotopic (exact) mass is 561 g/mol. The van der Waals surface area contributed by atoms with Gasteiger partial charge in [-0.15, -0.1) is 11.6 Å². The van der Waals surface area contributed by atoms with Gasteiger partial charge in [0.15, 0.2) is 18.9 Å². The molecule has 2 unspecified atom stereocenters.